The van der Waals surface area contributed by atoms with E-state index in [1.807, 2.05) is 0 Å². The molecule has 1 N–H and O–H groups in total. The normalized spacial score (nSPS) is 17.7. The van der Waals surface area contributed by atoms with E-state index in [0.29, 0.717) is 36.1 Å². The molecule has 1 aliphatic heterocycles. The zero-order valence-corrected chi connectivity index (χ0v) is 20.9. The van der Waals surface area contributed by atoms with Crippen LogP contribution in [0.5, 0.6) is 0 Å². The summed E-state index contributed by atoms with van der Waals surface area (Å²) in [5, 5.41) is 6.38. The zero-order chi connectivity index (χ0) is 24.7. The molecule has 1 saturated heterocycles. The molecule has 36 heavy (non-hydrogen) atoms. The number of hydrogen-bond acceptors (Lipinski definition) is 4. The van der Waals surface area contributed by atoms with Gasteiger partial charge < -0.3 is 14.8 Å². The monoisotopic (exact) mass is 499 g/mol. The fraction of sp³-hybridized carbons (Fsp3) is 0.258. The maximum atomic E-state index is 12.3. The Labute approximate surface area is 217 Å². The highest BCUT2D eigenvalue weighted by molar-refractivity contribution is 6.33. The van der Waals surface area contributed by atoms with Crippen LogP contribution in [0.1, 0.15) is 39.4 Å². The average Bonchev–Trinajstić information content (AvgIpc) is 2.92. The number of carbonyl (C=O) groups is 1. The van der Waals surface area contributed by atoms with Crippen LogP contribution in [-0.4, -0.2) is 31.8 Å². The van der Waals surface area contributed by atoms with Crippen molar-refractivity contribution in [1.82, 2.24) is 5.32 Å². The maximum absolute atomic E-state index is 12.3. The van der Waals surface area contributed by atoms with Gasteiger partial charge in [0, 0.05) is 18.9 Å². The van der Waals surface area contributed by atoms with Gasteiger partial charge in [0.05, 0.1) is 29.9 Å². The summed E-state index contributed by atoms with van der Waals surface area (Å²) in [6, 6.07) is 30.5. The second kappa shape index (κ2) is 11.7. The molecular weight excluding hydrogens is 470 g/mol. The minimum atomic E-state index is -0.390. The van der Waals surface area contributed by atoms with Gasteiger partial charge in [-0.1, -0.05) is 84.4 Å². The van der Waals surface area contributed by atoms with E-state index in [9.17, 15) is 4.79 Å². The summed E-state index contributed by atoms with van der Waals surface area (Å²) in [7, 11) is 0. The molecule has 4 aromatic rings. The standard InChI is InChI=1S/C31H30ClNO3/c32-29-8-4-3-7-28(29)31(34)35-18-16-22-9-13-25(14-10-22)27-15-17-33-20-30(27)36-21-23-11-12-24-5-1-2-6-26(24)19-23/h1-14,19,27,30,33H,15-18,20-21H2. The number of halogens is 1. The third-order valence-corrected chi connectivity index (χ3v) is 7.16. The Morgan fingerprint density at radius 1 is 0.889 bits per heavy atom. The molecule has 4 nitrogen and oxygen atoms in total. The number of carbonyl (C=O) groups excluding carboxylic acids is 1. The van der Waals surface area contributed by atoms with Crippen molar-refractivity contribution in [3.63, 3.8) is 0 Å². The minimum absolute atomic E-state index is 0.118. The van der Waals surface area contributed by atoms with E-state index >= 15 is 0 Å². The van der Waals surface area contributed by atoms with Crippen LogP contribution in [0.2, 0.25) is 5.02 Å². The van der Waals surface area contributed by atoms with Gasteiger partial charge in [0.1, 0.15) is 0 Å². The molecular formula is C31H30ClNO3. The lowest BCUT2D eigenvalue weighted by atomic mass is 9.87. The first-order valence-electron chi connectivity index (χ1n) is 12.5. The number of benzene rings is 4. The number of ether oxygens (including phenoxy) is 2. The molecule has 0 aliphatic carbocycles. The first-order valence-corrected chi connectivity index (χ1v) is 12.9. The molecule has 0 radical (unpaired) electrons. The number of esters is 1. The Morgan fingerprint density at radius 3 is 2.47 bits per heavy atom. The highest BCUT2D eigenvalue weighted by atomic mass is 35.5. The first kappa shape index (κ1) is 24.5. The summed E-state index contributed by atoms with van der Waals surface area (Å²) in [5.41, 5.74) is 4.01. The lowest BCUT2D eigenvalue weighted by molar-refractivity contribution is 0.0106. The summed E-state index contributed by atoms with van der Waals surface area (Å²) in [5.74, 6) is -0.0443. The minimum Gasteiger partial charge on any atom is -0.462 e. The van der Waals surface area contributed by atoms with E-state index in [0.717, 1.165) is 25.1 Å². The number of piperidine rings is 1. The van der Waals surface area contributed by atoms with Crippen LogP contribution in [0.15, 0.2) is 91.0 Å². The largest absolute Gasteiger partial charge is 0.462 e. The van der Waals surface area contributed by atoms with Gasteiger partial charge in [0.25, 0.3) is 0 Å². The number of nitrogens with one attached hydrogen (secondary N) is 1. The second-order valence-electron chi connectivity index (χ2n) is 9.24. The van der Waals surface area contributed by atoms with Crippen LogP contribution in [0.3, 0.4) is 0 Å². The maximum Gasteiger partial charge on any atom is 0.339 e. The predicted octanol–water partition coefficient (Wildman–Crippen LogP) is 6.56. The zero-order valence-electron chi connectivity index (χ0n) is 20.2. The van der Waals surface area contributed by atoms with E-state index in [1.165, 1.54) is 21.9 Å². The van der Waals surface area contributed by atoms with Gasteiger partial charge in [-0.15, -0.1) is 0 Å². The van der Waals surface area contributed by atoms with E-state index in [2.05, 4.69) is 72.0 Å². The quantitative estimate of drug-likeness (QED) is 0.279. The Balaban J connectivity index is 1.16. The van der Waals surface area contributed by atoms with Gasteiger partial charge in [-0.05, 0) is 58.6 Å². The third kappa shape index (κ3) is 5.96. The highest BCUT2D eigenvalue weighted by Crippen LogP contribution is 2.29. The molecule has 0 saturated carbocycles. The molecule has 1 fully saturated rings. The smallest absolute Gasteiger partial charge is 0.339 e. The van der Waals surface area contributed by atoms with Crippen LogP contribution < -0.4 is 5.32 Å². The second-order valence-corrected chi connectivity index (χ2v) is 9.64. The van der Waals surface area contributed by atoms with Gasteiger partial charge in [-0.3, -0.25) is 0 Å². The lowest BCUT2D eigenvalue weighted by Gasteiger charge is -2.32. The molecule has 0 aromatic heterocycles. The Hall–Kier alpha value is -3.18. The number of hydrogen-bond donors (Lipinski definition) is 1. The van der Waals surface area contributed by atoms with Crippen LogP contribution in [0, 0.1) is 0 Å². The first-order chi connectivity index (χ1) is 17.7. The summed E-state index contributed by atoms with van der Waals surface area (Å²) in [4.78, 5) is 12.3. The van der Waals surface area contributed by atoms with Crippen molar-refractivity contribution in [1.29, 1.82) is 0 Å². The van der Waals surface area contributed by atoms with Crippen molar-refractivity contribution < 1.29 is 14.3 Å². The van der Waals surface area contributed by atoms with Crippen molar-refractivity contribution >= 4 is 28.3 Å². The summed E-state index contributed by atoms with van der Waals surface area (Å²) >= 11 is 6.08. The van der Waals surface area contributed by atoms with E-state index in [4.69, 9.17) is 21.1 Å². The molecule has 2 unspecified atom stereocenters. The van der Waals surface area contributed by atoms with Crippen molar-refractivity contribution in [2.75, 3.05) is 19.7 Å². The van der Waals surface area contributed by atoms with Gasteiger partial charge in [0.2, 0.25) is 0 Å². The number of rotatable bonds is 8. The van der Waals surface area contributed by atoms with Crippen molar-refractivity contribution in [2.24, 2.45) is 0 Å². The molecule has 1 aliphatic rings. The molecule has 0 spiro atoms. The Kier molecular flexibility index (Phi) is 7.97. The number of fused-ring (bicyclic) bond motifs is 1. The molecule has 1 heterocycles. The molecule has 2 atom stereocenters. The Bertz CT molecular complexity index is 1320. The molecule has 184 valence electrons. The average molecular weight is 500 g/mol. The molecule has 5 heteroatoms. The van der Waals surface area contributed by atoms with Crippen LogP contribution in [0.4, 0.5) is 0 Å². The van der Waals surface area contributed by atoms with Crippen molar-refractivity contribution in [3.8, 4) is 0 Å². The SMILES string of the molecule is O=C(OCCc1ccc(C2CCNCC2OCc2ccc3ccccc3c2)cc1)c1ccccc1Cl. The van der Waals surface area contributed by atoms with E-state index < -0.39 is 5.97 Å². The van der Waals surface area contributed by atoms with Gasteiger partial charge in [-0.25, -0.2) is 4.79 Å². The Morgan fingerprint density at radius 2 is 1.64 bits per heavy atom. The fourth-order valence-corrected chi connectivity index (χ4v) is 5.03. The highest BCUT2D eigenvalue weighted by Gasteiger charge is 2.27. The molecule has 0 bridgehead atoms. The predicted molar refractivity (Wildman–Crippen MR) is 145 cm³/mol. The topological polar surface area (TPSA) is 47.6 Å². The molecule has 5 rings (SSSR count). The molecule has 4 aromatic carbocycles. The van der Waals surface area contributed by atoms with Crippen molar-refractivity contribution in [2.45, 2.75) is 31.5 Å². The van der Waals surface area contributed by atoms with Crippen molar-refractivity contribution in [3.05, 3.63) is 118 Å². The van der Waals surface area contributed by atoms with Gasteiger partial charge in [0.15, 0.2) is 0 Å². The van der Waals surface area contributed by atoms with E-state index in [1.54, 1.807) is 24.3 Å². The van der Waals surface area contributed by atoms with Gasteiger partial charge >= 0.3 is 5.97 Å². The summed E-state index contributed by atoms with van der Waals surface area (Å²) < 4.78 is 11.9. The lowest BCUT2D eigenvalue weighted by Crippen LogP contribution is -2.40. The van der Waals surface area contributed by atoms with Crippen LogP contribution >= 0.6 is 11.6 Å². The van der Waals surface area contributed by atoms with Gasteiger partial charge in [-0.2, -0.15) is 0 Å². The third-order valence-electron chi connectivity index (χ3n) is 6.83. The summed E-state index contributed by atoms with van der Waals surface area (Å²) in [6.07, 6.45) is 1.81. The summed E-state index contributed by atoms with van der Waals surface area (Å²) in [6.45, 7) is 2.75. The fourth-order valence-electron chi connectivity index (χ4n) is 4.82. The van der Waals surface area contributed by atoms with Crippen LogP contribution in [-0.2, 0) is 22.5 Å². The molecule has 0 amide bonds. The van der Waals surface area contributed by atoms with Crippen LogP contribution in [0.25, 0.3) is 10.8 Å². The van der Waals surface area contributed by atoms with E-state index in [-0.39, 0.29) is 6.10 Å².